The molecule has 1 aromatic heterocycles. The zero-order valence-corrected chi connectivity index (χ0v) is 12.1. The van der Waals surface area contributed by atoms with E-state index in [0.717, 1.165) is 35.7 Å². The van der Waals surface area contributed by atoms with E-state index in [1.165, 1.54) is 6.07 Å². The van der Waals surface area contributed by atoms with Crippen molar-refractivity contribution in [2.24, 2.45) is 5.92 Å². The summed E-state index contributed by atoms with van der Waals surface area (Å²) in [6.07, 6.45) is 1.64. The van der Waals surface area contributed by atoms with Gasteiger partial charge in [-0.05, 0) is 44.5 Å². The van der Waals surface area contributed by atoms with Gasteiger partial charge in [0.2, 0.25) is 0 Å². The second-order valence-electron chi connectivity index (χ2n) is 4.81. The van der Waals surface area contributed by atoms with E-state index in [9.17, 15) is 4.39 Å². The Bertz CT molecular complexity index is 524. The molecule has 0 radical (unpaired) electrons. The van der Waals surface area contributed by atoms with Crippen LogP contribution in [0.5, 0.6) is 0 Å². The molecule has 2 rings (SSSR count). The van der Waals surface area contributed by atoms with Crippen molar-refractivity contribution >= 4 is 11.3 Å². The minimum Gasteiger partial charge on any atom is -0.319 e. The summed E-state index contributed by atoms with van der Waals surface area (Å²) in [5.41, 5.74) is 1.85. The van der Waals surface area contributed by atoms with Gasteiger partial charge in [0.05, 0.1) is 5.01 Å². The molecular formula is C15H19FN2S. The van der Waals surface area contributed by atoms with Crippen LogP contribution in [0, 0.1) is 18.7 Å². The molecule has 1 unspecified atom stereocenters. The molecule has 0 amide bonds. The van der Waals surface area contributed by atoms with Crippen LogP contribution in [0.3, 0.4) is 0 Å². The van der Waals surface area contributed by atoms with E-state index >= 15 is 0 Å². The number of thiazole rings is 1. The number of aryl methyl sites for hydroxylation is 1. The van der Waals surface area contributed by atoms with Crippen molar-refractivity contribution in [3.8, 4) is 0 Å². The van der Waals surface area contributed by atoms with Crippen LogP contribution in [-0.2, 0) is 12.8 Å². The SMILES string of the molecule is CNCC(Cc1nc(C)cs1)Cc1ccccc1F. The van der Waals surface area contributed by atoms with Crippen LogP contribution >= 0.6 is 11.3 Å². The summed E-state index contributed by atoms with van der Waals surface area (Å²) in [5, 5.41) is 6.39. The van der Waals surface area contributed by atoms with Crippen LogP contribution in [0.25, 0.3) is 0 Å². The Morgan fingerprint density at radius 2 is 2.11 bits per heavy atom. The highest BCUT2D eigenvalue weighted by Crippen LogP contribution is 2.19. The molecule has 102 valence electrons. The summed E-state index contributed by atoms with van der Waals surface area (Å²) in [4.78, 5) is 4.49. The molecule has 1 N–H and O–H groups in total. The first-order chi connectivity index (χ1) is 9.19. The summed E-state index contributed by atoms with van der Waals surface area (Å²) >= 11 is 1.69. The smallest absolute Gasteiger partial charge is 0.126 e. The van der Waals surface area contributed by atoms with Crippen molar-refractivity contribution in [3.05, 3.63) is 51.7 Å². The Labute approximate surface area is 117 Å². The van der Waals surface area contributed by atoms with Gasteiger partial charge in [0.25, 0.3) is 0 Å². The maximum absolute atomic E-state index is 13.7. The predicted molar refractivity (Wildman–Crippen MR) is 78.1 cm³/mol. The molecule has 0 aliphatic rings. The Kier molecular flexibility index (Phi) is 5.05. The van der Waals surface area contributed by atoms with Gasteiger partial charge in [-0.15, -0.1) is 11.3 Å². The van der Waals surface area contributed by atoms with Gasteiger partial charge in [0, 0.05) is 17.5 Å². The Morgan fingerprint density at radius 3 is 2.74 bits per heavy atom. The zero-order valence-electron chi connectivity index (χ0n) is 11.3. The van der Waals surface area contributed by atoms with Crippen LogP contribution in [0.15, 0.2) is 29.6 Å². The molecule has 19 heavy (non-hydrogen) atoms. The number of hydrogen-bond donors (Lipinski definition) is 1. The van der Waals surface area contributed by atoms with Crippen molar-refractivity contribution in [2.75, 3.05) is 13.6 Å². The normalized spacial score (nSPS) is 12.6. The number of nitrogens with zero attached hydrogens (tertiary/aromatic N) is 1. The van der Waals surface area contributed by atoms with E-state index in [4.69, 9.17) is 0 Å². The summed E-state index contributed by atoms with van der Waals surface area (Å²) in [7, 11) is 1.93. The lowest BCUT2D eigenvalue weighted by Gasteiger charge is -2.15. The molecule has 0 saturated carbocycles. The average molecular weight is 278 g/mol. The van der Waals surface area contributed by atoms with E-state index < -0.39 is 0 Å². The summed E-state index contributed by atoms with van der Waals surface area (Å²) in [6, 6.07) is 7.02. The van der Waals surface area contributed by atoms with Crippen molar-refractivity contribution < 1.29 is 4.39 Å². The molecule has 1 heterocycles. The number of rotatable bonds is 6. The third kappa shape index (κ3) is 4.11. The number of hydrogen-bond acceptors (Lipinski definition) is 3. The maximum atomic E-state index is 13.7. The highest BCUT2D eigenvalue weighted by molar-refractivity contribution is 7.09. The quantitative estimate of drug-likeness (QED) is 0.877. The van der Waals surface area contributed by atoms with Crippen molar-refractivity contribution in [1.29, 1.82) is 0 Å². The van der Waals surface area contributed by atoms with E-state index in [-0.39, 0.29) is 5.82 Å². The standard InChI is InChI=1S/C15H19FN2S/c1-11-10-19-15(18-11)8-12(9-17-2)7-13-5-3-4-6-14(13)16/h3-6,10,12,17H,7-9H2,1-2H3. The van der Waals surface area contributed by atoms with Crippen LogP contribution in [0.4, 0.5) is 4.39 Å². The fourth-order valence-electron chi connectivity index (χ4n) is 2.22. The van der Waals surface area contributed by atoms with Gasteiger partial charge in [-0.25, -0.2) is 9.37 Å². The summed E-state index contributed by atoms with van der Waals surface area (Å²) < 4.78 is 13.7. The lowest BCUT2D eigenvalue weighted by Crippen LogP contribution is -2.23. The number of nitrogens with one attached hydrogen (secondary N) is 1. The molecule has 0 saturated heterocycles. The molecule has 2 nitrogen and oxygen atoms in total. The molecule has 1 atom stereocenters. The molecule has 0 aliphatic carbocycles. The second kappa shape index (κ2) is 6.78. The van der Waals surface area contributed by atoms with Gasteiger partial charge in [0.1, 0.15) is 5.82 Å². The van der Waals surface area contributed by atoms with Gasteiger partial charge in [-0.3, -0.25) is 0 Å². The summed E-state index contributed by atoms with van der Waals surface area (Å²) in [5.74, 6) is 0.256. The summed E-state index contributed by atoms with van der Waals surface area (Å²) in [6.45, 7) is 2.87. The fraction of sp³-hybridized carbons (Fsp3) is 0.400. The minimum atomic E-state index is -0.112. The monoisotopic (exact) mass is 278 g/mol. The molecule has 4 heteroatoms. The third-order valence-electron chi connectivity index (χ3n) is 3.09. The first kappa shape index (κ1) is 14.2. The highest BCUT2D eigenvalue weighted by Gasteiger charge is 2.14. The molecule has 0 aliphatic heterocycles. The number of benzene rings is 1. The minimum absolute atomic E-state index is 0.112. The molecular weight excluding hydrogens is 259 g/mol. The van der Waals surface area contributed by atoms with Gasteiger partial charge in [-0.2, -0.15) is 0 Å². The van der Waals surface area contributed by atoms with Crippen LogP contribution in [0.1, 0.15) is 16.3 Å². The highest BCUT2D eigenvalue weighted by atomic mass is 32.1. The zero-order chi connectivity index (χ0) is 13.7. The van der Waals surface area contributed by atoms with E-state index in [0.29, 0.717) is 5.92 Å². The average Bonchev–Trinajstić information content (AvgIpc) is 2.78. The first-order valence-corrected chi connectivity index (χ1v) is 7.36. The Hall–Kier alpha value is -1.26. The Balaban J connectivity index is 2.06. The third-order valence-corrected chi connectivity index (χ3v) is 4.08. The predicted octanol–water partition coefficient (Wildman–Crippen LogP) is 3.21. The lowest BCUT2D eigenvalue weighted by atomic mass is 9.96. The van der Waals surface area contributed by atoms with Crippen LogP contribution < -0.4 is 5.32 Å². The first-order valence-electron chi connectivity index (χ1n) is 6.48. The van der Waals surface area contributed by atoms with Gasteiger partial charge in [-0.1, -0.05) is 18.2 Å². The molecule has 0 bridgehead atoms. The maximum Gasteiger partial charge on any atom is 0.126 e. The van der Waals surface area contributed by atoms with E-state index in [1.807, 2.05) is 26.1 Å². The van der Waals surface area contributed by atoms with Crippen molar-refractivity contribution in [2.45, 2.75) is 19.8 Å². The van der Waals surface area contributed by atoms with Gasteiger partial charge < -0.3 is 5.32 Å². The molecule has 0 fully saturated rings. The molecule has 1 aromatic carbocycles. The molecule has 2 aromatic rings. The van der Waals surface area contributed by atoms with Gasteiger partial charge in [0.15, 0.2) is 0 Å². The van der Waals surface area contributed by atoms with E-state index in [1.54, 1.807) is 17.4 Å². The number of halogens is 1. The fourth-order valence-corrected chi connectivity index (χ4v) is 3.11. The number of aromatic nitrogens is 1. The largest absolute Gasteiger partial charge is 0.319 e. The van der Waals surface area contributed by atoms with Crippen molar-refractivity contribution in [3.63, 3.8) is 0 Å². The second-order valence-corrected chi connectivity index (χ2v) is 5.75. The van der Waals surface area contributed by atoms with Crippen LogP contribution in [-0.4, -0.2) is 18.6 Å². The Morgan fingerprint density at radius 1 is 1.32 bits per heavy atom. The van der Waals surface area contributed by atoms with Gasteiger partial charge >= 0.3 is 0 Å². The topological polar surface area (TPSA) is 24.9 Å². The van der Waals surface area contributed by atoms with Crippen molar-refractivity contribution in [1.82, 2.24) is 10.3 Å². The molecule has 0 spiro atoms. The van der Waals surface area contributed by atoms with E-state index in [2.05, 4.69) is 15.7 Å². The van der Waals surface area contributed by atoms with Crippen LogP contribution in [0.2, 0.25) is 0 Å². The lowest BCUT2D eigenvalue weighted by molar-refractivity contribution is 0.479.